The van der Waals surface area contributed by atoms with Crippen LogP contribution < -0.4 is 0 Å². The van der Waals surface area contributed by atoms with Crippen molar-refractivity contribution in [3.8, 4) is 0 Å². The topological polar surface area (TPSA) is 33.4 Å². The molecule has 0 radical (unpaired) electrons. The van der Waals surface area contributed by atoms with Gasteiger partial charge in [-0.3, -0.25) is 0 Å². The molecule has 1 aromatic carbocycles. The Morgan fingerprint density at radius 2 is 2.00 bits per heavy atom. The van der Waals surface area contributed by atoms with Crippen molar-refractivity contribution >= 4 is 31.9 Å². The standard InChI is InChI=1S/C11H8Br2O2/c12-7-3-4-8(9(13)6-7)11(14)10-2-1-5-15-10/h1-6,11,14H. The Kier molecular flexibility index (Phi) is 3.29. The summed E-state index contributed by atoms with van der Waals surface area (Å²) in [6.07, 6.45) is 0.813. The van der Waals surface area contributed by atoms with Crippen LogP contribution >= 0.6 is 31.9 Å². The first kappa shape index (κ1) is 10.9. The summed E-state index contributed by atoms with van der Waals surface area (Å²) >= 11 is 6.76. The van der Waals surface area contributed by atoms with Gasteiger partial charge in [-0.05, 0) is 24.3 Å². The summed E-state index contributed by atoms with van der Waals surface area (Å²) in [5.74, 6) is 0.540. The van der Waals surface area contributed by atoms with Gasteiger partial charge in [0.2, 0.25) is 0 Å². The van der Waals surface area contributed by atoms with Crippen molar-refractivity contribution in [3.63, 3.8) is 0 Å². The van der Waals surface area contributed by atoms with E-state index >= 15 is 0 Å². The SMILES string of the molecule is OC(c1ccco1)c1ccc(Br)cc1Br. The lowest BCUT2D eigenvalue weighted by molar-refractivity contribution is 0.188. The summed E-state index contributed by atoms with van der Waals surface area (Å²) < 4.78 is 6.96. The Hall–Kier alpha value is -0.580. The van der Waals surface area contributed by atoms with Gasteiger partial charge >= 0.3 is 0 Å². The average molecular weight is 332 g/mol. The van der Waals surface area contributed by atoms with Gasteiger partial charge in [-0.15, -0.1) is 0 Å². The number of benzene rings is 1. The van der Waals surface area contributed by atoms with Crippen LogP contribution in [0.25, 0.3) is 0 Å². The van der Waals surface area contributed by atoms with E-state index in [2.05, 4.69) is 31.9 Å². The Labute approximate surface area is 104 Å². The van der Waals surface area contributed by atoms with E-state index in [9.17, 15) is 5.11 Å². The second-order valence-corrected chi connectivity index (χ2v) is 4.85. The first-order valence-electron chi connectivity index (χ1n) is 4.35. The molecule has 0 saturated heterocycles. The van der Waals surface area contributed by atoms with Crippen molar-refractivity contribution < 1.29 is 9.52 Å². The first-order chi connectivity index (χ1) is 7.18. The van der Waals surface area contributed by atoms with Crippen LogP contribution in [-0.4, -0.2) is 5.11 Å². The van der Waals surface area contributed by atoms with E-state index in [0.717, 1.165) is 14.5 Å². The molecule has 1 atom stereocenters. The molecule has 0 aliphatic carbocycles. The van der Waals surface area contributed by atoms with Gasteiger partial charge < -0.3 is 9.52 Å². The molecule has 0 saturated carbocycles. The highest BCUT2D eigenvalue weighted by atomic mass is 79.9. The number of furan rings is 1. The van der Waals surface area contributed by atoms with E-state index in [4.69, 9.17) is 4.42 Å². The summed E-state index contributed by atoms with van der Waals surface area (Å²) in [5.41, 5.74) is 0.785. The first-order valence-corrected chi connectivity index (χ1v) is 5.93. The summed E-state index contributed by atoms with van der Waals surface area (Å²) in [5, 5.41) is 10.0. The van der Waals surface area contributed by atoms with Crippen LogP contribution in [0.1, 0.15) is 17.4 Å². The Morgan fingerprint density at radius 3 is 2.60 bits per heavy atom. The summed E-state index contributed by atoms with van der Waals surface area (Å²) in [4.78, 5) is 0. The summed E-state index contributed by atoms with van der Waals surface area (Å²) in [6, 6.07) is 9.12. The van der Waals surface area contributed by atoms with E-state index in [1.165, 1.54) is 0 Å². The minimum Gasteiger partial charge on any atom is -0.466 e. The van der Waals surface area contributed by atoms with Crippen molar-refractivity contribution in [1.82, 2.24) is 0 Å². The van der Waals surface area contributed by atoms with Crippen LogP contribution in [0.15, 0.2) is 50.0 Å². The quantitative estimate of drug-likeness (QED) is 0.905. The van der Waals surface area contributed by atoms with Gasteiger partial charge in [0.1, 0.15) is 11.9 Å². The molecule has 15 heavy (non-hydrogen) atoms. The number of halogens is 2. The molecule has 2 nitrogen and oxygen atoms in total. The minimum atomic E-state index is -0.734. The van der Waals surface area contributed by atoms with E-state index in [1.54, 1.807) is 18.4 Å². The van der Waals surface area contributed by atoms with Gasteiger partial charge in [-0.1, -0.05) is 37.9 Å². The van der Waals surface area contributed by atoms with Crippen LogP contribution in [0, 0.1) is 0 Å². The van der Waals surface area contributed by atoms with Crippen molar-refractivity contribution in [2.45, 2.75) is 6.10 Å². The molecule has 0 aliphatic heterocycles. The highest BCUT2D eigenvalue weighted by Gasteiger charge is 2.15. The molecule has 1 N–H and O–H groups in total. The molecule has 0 spiro atoms. The molecule has 1 heterocycles. The van der Waals surface area contributed by atoms with Gasteiger partial charge in [0.15, 0.2) is 0 Å². The van der Waals surface area contributed by atoms with Crippen molar-refractivity contribution in [2.75, 3.05) is 0 Å². The highest BCUT2D eigenvalue weighted by Crippen LogP contribution is 2.30. The number of aliphatic hydroxyl groups excluding tert-OH is 1. The van der Waals surface area contributed by atoms with Crippen molar-refractivity contribution in [3.05, 3.63) is 56.9 Å². The molecule has 0 fully saturated rings. The Bertz CT molecular complexity index is 452. The van der Waals surface area contributed by atoms with E-state index < -0.39 is 6.10 Å². The fourth-order valence-electron chi connectivity index (χ4n) is 1.32. The Balaban J connectivity index is 2.38. The molecular formula is C11H8Br2O2. The van der Waals surface area contributed by atoms with Crippen molar-refractivity contribution in [1.29, 1.82) is 0 Å². The van der Waals surface area contributed by atoms with Crippen LogP contribution in [-0.2, 0) is 0 Å². The third kappa shape index (κ3) is 2.33. The fourth-order valence-corrected chi connectivity index (χ4v) is 2.59. The predicted molar refractivity (Wildman–Crippen MR) is 64.6 cm³/mol. The van der Waals surface area contributed by atoms with Gasteiger partial charge in [0, 0.05) is 14.5 Å². The van der Waals surface area contributed by atoms with E-state index in [1.807, 2.05) is 18.2 Å². The monoisotopic (exact) mass is 330 g/mol. The number of rotatable bonds is 2. The number of hydrogen-bond donors (Lipinski definition) is 1. The lowest BCUT2D eigenvalue weighted by atomic mass is 10.1. The zero-order chi connectivity index (χ0) is 10.8. The van der Waals surface area contributed by atoms with Crippen LogP contribution in [0.4, 0.5) is 0 Å². The molecular weight excluding hydrogens is 324 g/mol. The number of aliphatic hydroxyl groups is 1. The molecule has 1 aromatic heterocycles. The van der Waals surface area contributed by atoms with Gasteiger partial charge in [0.25, 0.3) is 0 Å². The lowest BCUT2D eigenvalue weighted by Crippen LogP contribution is -1.98. The lowest BCUT2D eigenvalue weighted by Gasteiger charge is -2.10. The molecule has 0 bridgehead atoms. The maximum atomic E-state index is 10.0. The fraction of sp³-hybridized carbons (Fsp3) is 0.0909. The van der Waals surface area contributed by atoms with Gasteiger partial charge in [-0.25, -0.2) is 0 Å². The largest absolute Gasteiger partial charge is 0.466 e. The zero-order valence-corrected chi connectivity index (χ0v) is 10.8. The van der Waals surface area contributed by atoms with E-state index in [-0.39, 0.29) is 0 Å². The molecule has 0 amide bonds. The third-order valence-electron chi connectivity index (χ3n) is 2.07. The zero-order valence-electron chi connectivity index (χ0n) is 7.65. The second-order valence-electron chi connectivity index (χ2n) is 3.08. The highest BCUT2D eigenvalue weighted by molar-refractivity contribution is 9.11. The predicted octanol–water partition coefficient (Wildman–Crippen LogP) is 3.89. The molecule has 2 aromatic rings. The van der Waals surface area contributed by atoms with Crippen LogP contribution in [0.2, 0.25) is 0 Å². The molecule has 2 rings (SSSR count). The van der Waals surface area contributed by atoms with Crippen molar-refractivity contribution in [2.24, 2.45) is 0 Å². The third-order valence-corrected chi connectivity index (χ3v) is 3.25. The maximum absolute atomic E-state index is 10.0. The Morgan fingerprint density at radius 1 is 1.20 bits per heavy atom. The van der Waals surface area contributed by atoms with Crippen LogP contribution in [0.5, 0.6) is 0 Å². The molecule has 1 unspecified atom stereocenters. The van der Waals surface area contributed by atoms with Gasteiger partial charge in [0.05, 0.1) is 6.26 Å². The second kappa shape index (κ2) is 4.51. The number of hydrogen-bond acceptors (Lipinski definition) is 2. The van der Waals surface area contributed by atoms with Gasteiger partial charge in [-0.2, -0.15) is 0 Å². The normalized spacial score (nSPS) is 12.7. The summed E-state index contributed by atoms with van der Waals surface area (Å²) in [7, 11) is 0. The molecule has 0 aliphatic rings. The molecule has 78 valence electrons. The van der Waals surface area contributed by atoms with E-state index in [0.29, 0.717) is 5.76 Å². The summed E-state index contributed by atoms with van der Waals surface area (Å²) in [6.45, 7) is 0. The van der Waals surface area contributed by atoms with Crippen LogP contribution in [0.3, 0.4) is 0 Å². The minimum absolute atomic E-state index is 0.540. The maximum Gasteiger partial charge on any atom is 0.138 e. The average Bonchev–Trinajstić information content (AvgIpc) is 2.69. The molecule has 4 heteroatoms. The smallest absolute Gasteiger partial charge is 0.138 e.